The average Bonchev–Trinajstić information content (AvgIpc) is 2.88. The van der Waals surface area contributed by atoms with Crippen LogP contribution in [0.25, 0.3) is 0 Å². The number of nitrogens with zero attached hydrogens (tertiary/aromatic N) is 2. The Hall–Kier alpha value is -2.50. The number of aromatic nitrogens is 1. The molecule has 0 fully saturated rings. The fourth-order valence-corrected chi connectivity index (χ4v) is 1.53. The van der Waals surface area contributed by atoms with Crippen LogP contribution in [-0.4, -0.2) is 31.7 Å². The summed E-state index contributed by atoms with van der Waals surface area (Å²) >= 11 is 0. The molecule has 1 aromatic heterocycles. The van der Waals surface area contributed by atoms with E-state index < -0.39 is 5.97 Å². The van der Waals surface area contributed by atoms with Crippen molar-refractivity contribution in [3.8, 4) is 11.8 Å². The number of hydrogen-bond acceptors (Lipinski definition) is 6. The maximum absolute atomic E-state index is 11.4. The largest absolute Gasteiger partial charge is 0.461 e. The molecule has 0 N–H and O–H groups in total. The first-order valence-corrected chi connectivity index (χ1v) is 6.18. The van der Waals surface area contributed by atoms with Crippen LogP contribution in [0, 0.1) is 0 Å². The number of carbonyl (C=O) groups excluding carboxylic acids is 1. The van der Waals surface area contributed by atoms with Crippen LogP contribution in [0.4, 0.5) is 5.69 Å². The first kappa shape index (κ1) is 13.9. The van der Waals surface area contributed by atoms with Gasteiger partial charge >= 0.3 is 12.0 Å². The predicted molar refractivity (Wildman–Crippen MR) is 73.3 cm³/mol. The van der Waals surface area contributed by atoms with Gasteiger partial charge in [-0.1, -0.05) is 6.07 Å². The molecule has 6 heteroatoms. The van der Waals surface area contributed by atoms with Crippen molar-refractivity contribution in [2.75, 3.05) is 25.6 Å². The quantitative estimate of drug-likeness (QED) is 0.782. The summed E-state index contributed by atoms with van der Waals surface area (Å²) in [5.41, 5.74) is 1.07. The summed E-state index contributed by atoms with van der Waals surface area (Å²) in [7, 11) is 3.87. The van der Waals surface area contributed by atoms with Gasteiger partial charge in [0.15, 0.2) is 5.69 Å². The van der Waals surface area contributed by atoms with Crippen molar-refractivity contribution in [3.05, 3.63) is 36.2 Å². The van der Waals surface area contributed by atoms with Crippen LogP contribution >= 0.6 is 0 Å². The van der Waals surface area contributed by atoms with Gasteiger partial charge < -0.3 is 18.8 Å². The summed E-state index contributed by atoms with van der Waals surface area (Å²) < 4.78 is 15.4. The lowest BCUT2D eigenvalue weighted by Gasteiger charge is -2.12. The number of rotatable bonds is 5. The molecular formula is C14H16N2O4. The Labute approximate surface area is 116 Å². The molecule has 0 aliphatic heterocycles. The van der Waals surface area contributed by atoms with E-state index in [-0.39, 0.29) is 18.4 Å². The molecule has 0 bridgehead atoms. The Morgan fingerprint density at radius 3 is 2.90 bits per heavy atom. The molecule has 2 aromatic rings. The SMILES string of the molecule is CCOC(=O)c1coc(Oc2cccc(N(C)C)c2)n1. The minimum atomic E-state index is -0.534. The Balaban J connectivity index is 2.10. The lowest BCUT2D eigenvalue weighted by atomic mass is 10.3. The number of benzene rings is 1. The van der Waals surface area contributed by atoms with E-state index in [2.05, 4.69) is 4.98 Å². The Kier molecular flexibility index (Phi) is 4.24. The smallest absolute Gasteiger partial charge is 0.399 e. The highest BCUT2D eigenvalue weighted by Gasteiger charge is 2.14. The highest BCUT2D eigenvalue weighted by Crippen LogP contribution is 2.24. The summed E-state index contributed by atoms with van der Waals surface area (Å²) in [4.78, 5) is 17.3. The zero-order valence-electron chi connectivity index (χ0n) is 11.6. The third-order valence-corrected chi connectivity index (χ3v) is 2.51. The molecule has 0 unspecified atom stereocenters. The second kappa shape index (κ2) is 6.10. The van der Waals surface area contributed by atoms with Gasteiger partial charge in [0.2, 0.25) is 0 Å². The number of carbonyl (C=O) groups is 1. The minimum Gasteiger partial charge on any atom is -0.461 e. The molecule has 0 amide bonds. The van der Waals surface area contributed by atoms with Crippen molar-refractivity contribution in [1.82, 2.24) is 4.98 Å². The zero-order chi connectivity index (χ0) is 14.5. The second-order valence-corrected chi connectivity index (χ2v) is 4.21. The Morgan fingerprint density at radius 2 is 2.20 bits per heavy atom. The van der Waals surface area contributed by atoms with Gasteiger partial charge in [0.1, 0.15) is 12.0 Å². The molecule has 106 valence electrons. The number of esters is 1. The zero-order valence-corrected chi connectivity index (χ0v) is 11.6. The molecule has 0 atom stereocenters. The molecule has 1 heterocycles. The highest BCUT2D eigenvalue weighted by molar-refractivity contribution is 5.86. The van der Waals surface area contributed by atoms with Crippen LogP contribution < -0.4 is 9.64 Å². The minimum absolute atomic E-state index is 0.00367. The normalized spacial score (nSPS) is 10.2. The third-order valence-electron chi connectivity index (χ3n) is 2.51. The topological polar surface area (TPSA) is 64.8 Å². The van der Waals surface area contributed by atoms with Crippen LogP contribution in [0.2, 0.25) is 0 Å². The second-order valence-electron chi connectivity index (χ2n) is 4.21. The molecule has 0 aliphatic carbocycles. The summed E-state index contributed by atoms with van der Waals surface area (Å²) in [6.07, 6.45) is 1.22. The number of oxazole rings is 1. The predicted octanol–water partition coefficient (Wildman–Crippen LogP) is 2.71. The van der Waals surface area contributed by atoms with Crippen molar-refractivity contribution in [1.29, 1.82) is 0 Å². The molecule has 2 rings (SSSR count). The lowest BCUT2D eigenvalue weighted by molar-refractivity contribution is 0.0519. The molecule has 0 saturated carbocycles. The monoisotopic (exact) mass is 276 g/mol. The molecule has 0 saturated heterocycles. The van der Waals surface area contributed by atoms with Gasteiger partial charge in [-0.15, -0.1) is 0 Å². The lowest BCUT2D eigenvalue weighted by Crippen LogP contribution is -2.08. The Morgan fingerprint density at radius 1 is 1.40 bits per heavy atom. The van der Waals surface area contributed by atoms with Gasteiger partial charge in [-0.25, -0.2) is 4.79 Å². The van der Waals surface area contributed by atoms with Crippen LogP contribution in [0.15, 0.2) is 34.9 Å². The van der Waals surface area contributed by atoms with Crippen molar-refractivity contribution in [3.63, 3.8) is 0 Å². The van der Waals surface area contributed by atoms with E-state index in [1.807, 2.05) is 37.2 Å². The molecule has 20 heavy (non-hydrogen) atoms. The van der Waals surface area contributed by atoms with E-state index in [1.54, 1.807) is 13.0 Å². The van der Waals surface area contributed by atoms with Gasteiger partial charge in [0.25, 0.3) is 0 Å². The molecule has 0 radical (unpaired) electrons. The van der Waals surface area contributed by atoms with Crippen LogP contribution in [0.5, 0.6) is 11.8 Å². The van der Waals surface area contributed by atoms with E-state index in [0.717, 1.165) is 5.69 Å². The maximum atomic E-state index is 11.4. The van der Waals surface area contributed by atoms with E-state index in [9.17, 15) is 4.79 Å². The van der Waals surface area contributed by atoms with Crippen LogP contribution in [0.1, 0.15) is 17.4 Å². The molecule has 1 aromatic carbocycles. The number of ether oxygens (including phenoxy) is 2. The molecule has 0 aliphatic rings. The standard InChI is InChI=1S/C14H16N2O4/c1-4-18-13(17)12-9-19-14(15-12)20-11-7-5-6-10(8-11)16(2)3/h5-9H,4H2,1-3H3. The van der Waals surface area contributed by atoms with Gasteiger partial charge in [0, 0.05) is 25.8 Å². The number of hydrogen-bond donors (Lipinski definition) is 0. The van der Waals surface area contributed by atoms with Gasteiger partial charge in [-0.3, -0.25) is 0 Å². The van der Waals surface area contributed by atoms with E-state index in [0.29, 0.717) is 5.75 Å². The van der Waals surface area contributed by atoms with Crippen molar-refractivity contribution >= 4 is 11.7 Å². The van der Waals surface area contributed by atoms with Gasteiger partial charge in [-0.2, -0.15) is 4.98 Å². The fraction of sp³-hybridized carbons (Fsp3) is 0.286. The van der Waals surface area contributed by atoms with Crippen molar-refractivity contribution in [2.24, 2.45) is 0 Å². The fourth-order valence-electron chi connectivity index (χ4n) is 1.53. The first-order chi connectivity index (χ1) is 9.60. The van der Waals surface area contributed by atoms with Crippen molar-refractivity contribution < 1.29 is 18.7 Å². The van der Waals surface area contributed by atoms with Crippen LogP contribution in [0.3, 0.4) is 0 Å². The van der Waals surface area contributed by atoms with Gasteiger partial charge in [0.05, 0.1) is 6.61 Å². The Bertz CT molecular complexity index is 592. The van der Waals surface area contributed by atoms with E-state index >= 15 is 0 Å². The molecule has 0 spiro atoms. The summed E-state index contributed by atoms with van der Waals surface area (Å²) in [6, 6.07) is 7.43. The maximum Gasteiger partial charge on any atom is 0.399 e. The third kappa shape index (κ3) is 3.28. The van der Waals surface area contributed by atoms with E-state index in [1.165, 1.54) is 6.26 Å². The summed E-state index contributed by atoms with van der Waals surface area (Å²) in [5.74, 6) is 0.0431. The highest BCUT2D eigenvalue weighted by atomic mass is 16.6. The molecule has 6 nitrogen and oxygen atoms in total. The summed E-state index contributed by atoms with van der Waals surface area (Å²) in [5, 5.41) is 0. The number of anilines is 1. The van der Waals surface area contributed by atoms with Crippen LogP contribution in [-0.2, 0) is 4.74 Å². The molecular weight excluding hydrogens is 260 g/mol. The van der Waals surface area contributed by atoms with E-state index in [4.69, 9.17) is 13.9 Å². The van der Waals surface area contributed by atoms with Crippen molar-refractivity contribution in [2.45, 2.75) is 6.92 Å². The first-order valence-electron chi connectivity index (χ1n) is 6.18. The summed E-state index contributed by atoms with van der Waals surface area (Å²) in [6.45, 7) is 2.01. The average molecular weight is 276 g/mol. The van der Waals surface area contributed by atoms with Gasteiger partial charge in [-0.05, 0) is 19.1 Å².